The molecule has 1 heterocycles. The van der Waals surface area contributed by atoms with Crippen molar-refractivity contribution in [2.75, 3.05) is 13.1 Å². The zero-order valence-electron chi connectivity index (χ0n) is 14.3. The van der Waals surface area contributed by atoms with Crippen LogP contribution in [0.25, 0.3) is 11.1 Å². The third-order valence-corrected chi connectivity index (χ3v) is 6.17. The molecule has 1 aliphatic carbocycles. The van der Waals surface area contributed by atoms with Gasteiger partial charge in [-0.05, 0) is 54.7 Å². The summed E-state index contributed by atoms with van der Waals surface area (Å²) in [6, 6.07) is 13.6. The van der Waals surface area contributed by atoms with Crippen LogP contribution in [0.2, 0.25) is 5.02 Å². The fourth-order valence-corrected chi connectivity index (χ4v) is 4.46. The van der Waals surface area contributed by atoms with Crippen LogP contribution < -0.4 is 0 Å². The summed E-state index contributed by atoms with van der Waals surface area (Å²) in [4.78, 5) is 14.9. The van der Waals surface area contributed by atoms with Crippen molar-refractivity contribution in [2.45, 2.75) is 25.9 Å². The molecule has 2 aliphatic rings. The van der Waals surface area contributed by atoms with Gasteiger partial charge in [-0.1, -0.05) is 35.9 Å². The number of piperidine rings is 1. The first kappa shape index (κ1) is 16.6. The first-order valence-electron chi connectivity index (χ1n) is 8.87. The van der Waals surface area contributed by atoms with Gasteiger partial charge in [-0.2, -0.15) is 0 Å². The second kappa shape index (κ2) is 6.47. The van der Waals surface area contributed by atoms with Crippen molar-refractivity contribution in [3.63, 3.8) is 0 Å². The van der Waals surface area contributed by atoms with Gasteiger partial charge in [-0.25, -0.2) is 0 Å². The maximum Gasteiger partial charge on any atom is 0.253 e. The Bertz CT molecular complexity index is 805. The highest BCUT2D eigenvalue weighted by molar-refractivity contribution is 6.31. The number of carbonyl (C=O) groups excluding carboxylic acids is 1. The van der Waals surface area contributed by atoms with E-state index < -0.39 is 0 Å². The molecule has 4 rings (SSSR count). The highest BCUT2D eigenvalue weighted by atomic mass is 35.5. The average molecular weight is 356 g/mol. The number of aliphatic hydroxyl groups excluding tert-OH is 1. The van der Waals surface area contributed by atoms with Gasteiger partial charge in [0.15, 0.2) is 0 Å². The lowest BCUT2D eigenvalue weighted by molar-refractivity contribution is 0.0166. The second-order valence-electron chi connectivity index (χ2n) is 7.29. The van der Waals surface area contributed by atoms with Crippen LogP contribution in [0, 0.1) is 18.8 Å². The molecule has 1 amide bonds. The van der Waals surface area contributed by atoms with Gasteiger partial charge in [0, 0.05) is 35.5 Å². The van der Waals surface area contributed by atoms with E-state index in [-0.39, 0.29) is 23.8 Å². The molecule has 2 aromatic carbocycles. The molecule has 4 heteroatoms. The number of aliphatic hydroxyl groups is 1. The van der Waals surface area contributed by atoms with E-state index in [1.54, 1.807) is 0 Å². The highest BCUT2D eigenvalue weighted by Gasteiger charge is 2.42. The van der Waals surface area contributed by atoms with E-state index in [2.05, 4.69) is 0 Å². The second-order valence-corrected chi connectivity index (χ2v) is 7.70. The number of fused-ring (bicyclic) bond motifs is 2. The Morgan fingerprint density at radius 3 is 2.52 bits per heavy atom. The highest BCUT2D eigenvalue weighted by Crippen LogP contribution is 2.37. The minimum Gasteiger partial charge on any atom is -0.392 e. The summed E-state index contributed by atoms with van der Waals surface area (Å²) in [6.45, 7) is 3.32. The monoisotopic (exact) mass is 355 g/mol. The molecule has 1 aliphatic heterocycles. The van der Waals surface area contributed by atoms with Crippen LogP contribution >= 0.6 is 11.6 Å². The Morgan fingerprint density at radius 2 is 1.80 bits per heavy atom. The van der Waals surface area contributed by atoms with Crippen LogP contribution in [0.1, 0.15) is 28.8 Å². The summed E-state index contributed by atoms with van der Waals surface area (Å²) in [6.07, 6.45) is 1.82. The van der Waals surface area contributed by atoms with Gasteiger partial charge in [0.1, 0.15) is 0 Å². The van der Waals surface area contributed by atoms with Gasteiger partial charge in [-0.15, -0.1) is 0 Å². The smallest absolute Gasteiger partial charge is 0.253 e. The van der Waals surface area contributed by atoms with Gasteiger partial charge in [0.25, 0.3) is 5.91 Å². The molecule has 3 nitrogen and oxygen atoms in total. The quantitative estimate of drug-likeness (QED) is 0.878. The van der Waals surface area contributed by atoms with Crippen molar-refractivity contribution in [1.29, 1.82) is 0 Å². The zero-order valence-corrected chi connectivity index (χ0v) is 15.0. The molecule has 2 fully saturated rings. The number of benzene rings is 2. The minimum atomic E-state index is -0.232. The lowest BCUT2D eigenvalue weighted by atomic mass is 9.94. The lowest BCUT2D eigenvalue weighted by Crippen LogP contribution is -2.47. The van der Waals surface area contributed by atoms with Crippen molar-refractivity contribution in [2.24, 2.45) is 11.8 Å². The maximum atomic E-state index is 13.0. The number of carbonyl (C=O) groups is 1. The van der Waals surface area contributed by atoms with Crippen LogP contribution in [0.15, 0.2) is 42.5 Å². The number of hydrogen-bond acceptors (Lipinski definition) is 2. The van der Waals surface area contributed by atoms with Crippen molar-refractivity contribution in [1.82, 2.24) is 4.90 Å². The Hall–Kier alpha value is -1.84. The topological polar surface area (TPSA) is 40.5 Å². The van der Waals surface area contributed by atoms with E-state index in [1.165, 1.54) is 0 Å². The molecule has 130 valence electrons. The molecule has 1 unspecified atom stereocenters. The predicted octanol–water partition coefficient (Wildman–Crippen LogP) is 4.16. The fourth-order valence-electron chi connectivity index (χ4n) is 4.28. The molecule has 0 radical (unpaired) electrons. The maximum absolute atomic E-state index is 13.0. The Morgan fingerprint density at radius 1 is 1.12 bits per heavy atom. The lowest BCUT2D eigenvalue weighted by Gasteiger charge is -2.35. The van der Waals surface area contributed by atoms with Gasteiger partial charge in [0.05, 0.1) is 6.10 Å². The van der Waals surface area contributed by atoms with Crippen LogP contribution in [-0.4, -0.2) is 35.1 Å². The summed E-state index contributed by atoms with van der Waals surface area (Å²) in [5.41, 5.74) is 3.78. The van der Waals surface area contributed by atoms with E-state index in [1.807, 2.05) is 54.3 Å². The van der Waals surface area contributed by atoms with Gasteiger partial charge in [-0.3, -0.25) is 4.79 Å². The van der Waals surface area contributed by atoms with Crippen molar-refractivity contribution in [3.8, 4) is 11.1 Å². The van der Waals surface area contributed by atoms with Gasteiger partial charge >= 0.3 is 0 Å². The third kappa shape index (κ3) is 2.96. The summed E-state index contributed by atoms with van der Waals surface area (Å²) in [5, 5.41) is 10.9. The van der Waals surface area contributed by atoms with E-state index in [9.17, 15) is 9.90 Å². The normalized spacial score (nSPS) is 25.2. The molecule has 1 saturated heterocycles. The molecular weight excluding hydrogens is 334 g/mol. The first-order chi connectivity index (χ1) is 12.0. The number of likely N-dealkylation sites (tertiary alicyclic amines) is 1. The zero-order chi connectivity index (χ0) is 17.6. The van der Waals surface area contributed by atoms with E-state index >= 15 is 0 Å². The average Bonchev–Trinajstić information content (AvgIpc) is 2.84. The SMILES string of the molecule is Cc1c(Cl)cccc1-c1cccc(C(=O)N2C[C@H]3CC[C@@H](C2)C3O)c1. The molecule has 2 aromatic rings. The van der Waals surface area contributed by atoms with Gasteiger partial charge in [0.2, 0.25) is 0 Å². The number of nitrogens with zero attached hydrogens (tertiary/aromatic N) is 1. The number of amides is 1. The summed E-state index contributed by atoms with van der Waals surface area (Å²) in [5.74, 6) is 0.535. The molecular formula is C21H22ClNO2. The first-order valence-corrected chi connectivity index (χ1v) is 9.25. The van der Waals surface area contributed by atoms with E-state index in [4.69, 9.17) is 11.6 Å². The van der Waals surface area contributed by atoms with Crippen LogP contribution in [0.3, 0.4) is 0 Å². The molecule has 0 spiro atoms. The minimum absolute atomic E-state index is 0.0605. The molecule has 3 atom stereocenters. The van der Waals surface area contributed by atoms with Crippen molar-refractivity contribution in [3.05, 3.63) is 58.6 Å². The summed E-state index contributed by atoms with van der Waals surface area (Å²) < 4.78 is 0. The third-order valence-electron chi connectivity index (χ3n) is 5.76. The van der Waals surface area contributed by atoms with Crippen molar-refractivity contribution >= 4 is 17.5 Å². The number of rotatable bonds is 2. The predicted molar refractivity (Wildman–Crippen MR) is 99.7 cm³/mol. The molecule has 0 aromatic heterocycles. The summed E-state index contributed by atoms with van der Waals surface area (Å²) >= 11 is 6.24. The van der Waals surface area contributed by atoms with Crippen molar-refractivity contribution < 1.29 is 9.90 Å². The van der Waals surface area contributed by atoms with E-state index in [0.717, 1.165) is 34.6 Å². The Balaban J connectivity index is 1.61. The Labute approximate surface area is 153 Å². The van der Waals surface area contributed by atoms with Crippen LogP contribution in [0.4, 0.5) is 0 Å². The van der Waals surface area contributed by atoms with E-state index in [0.29, 0.717) is 18.7 Å². The largest absolute Gasteiger partial charge is 0.392 e. The van der Waals surface area contributed by atoms with Crippen LogP contribution in [0.5, 0.6) is 0 Å². The number of halogens is 1. The standard InChI is InChI=1S/C21H22ClNO2/c1-13-18(6-3-7-19(13)22)14-4-2-5-15(10-14)21(25)23-11-16-8-9-17(12-23)20(16)24/h2-7,10,16-17,20,24H,8-9,11-12H2,1H3/t16-,17+,20?. The molecule has 1 saturated carbocycles. The Kier molecular flexibility index (Phi) is 4.30. The molecule has 1 N–H and O–H groups in total. The summed E-state index contributed by atoms with van der Waals surface area (Å²) in [7, 11) is 0. The van der Waals surface area contributed by atoms with Crippen LogP contribution in [-0.2, 0) is 0 Å². The molecule has 2 bridgehead atoms. The fraction of sp³-hybridized carbons (Fsp3) is 0.381. The molecule has 25 heavy (non-hydrogen) atoms. The number of hydrogen-bond donors (Lipinski definition) is 1. The van der Waals surface area contributed by atoms with Gasteiger partial charge < -0.3 is 10.0 Å².